The summed E-state index contributed by atoms with van der Waals surface area (Å²) in [6.07, 6.45) is 8.60. The van der Waals surface area contributed by atoms with Crippen LogP contribution in [0.15, 0.2) is 58.3 Å². The Morgan fingerprint density at radius 3 is 2.77 bits per heavy atom. The summed E-state index contributed by atoms with van der Waals surface area (Å²) in [6, 6.07) is 12.0. The number of aromatic nitrogens is 3. The standard InChI is InChI=1S/C24H23BrN4O/c1-15(30)8-10-20-24-27-14-22(16-5-4-6-16)29(24)21-11-9-17(25)13-18(21)23(28-20)19-7-2-3-12-26-19/h2-3,7,9,11-14,16,20H,4-6,8,10H2,1H3/t20-/m0/s1. The molecule has 0 spiro atoms. The number of fused-ring (bicyclic) bond motifs is 3. The Morgan fingerprint density at radius 1 is 1.20 bits per heavy atom. The van der Waals surface area contributed by atoms with Crippen LogP contribution in [-0.2, 0) is 4.79 Å². The fraction of sp³-hybridized carbons (Fsp3) is 0.333. The lowest BCUT2D eigenvalue weighted by atomic mass is 9.83. The third-order valence-corrected chi connectivity index (χ3v) is 6.55. The van der Waals surface area contributed by atoms with E-state index in [0.29, 0.717) is 18.8 Å². The molecule has 1 fully saturated rings. The molecule has 5 rings (SSSR count). The van der Waals surface area contributed by atoms with Gasteiger partial charge in [-0.3, -0.25) is 14.5 Å². The van der Waals surface area contributed by atoms with E-state index < -0.39 is 0 Å². The lowest BCUT2D eigenvalue weighted by molar-refractivity contribution is -0.117. The summed E-state index contributed by atoms with van der Waals surface area (Å²) in [4.78, 5) is 26.4. The Morgan fingerprint density at radius 2 is 2.07 bits per heavy atom. The molecule has 0 N–H and O–H groups in total. The van der Waals surface area contributed by atoms with Gasteiger partial charge in [0.2, 0.25) is 0 Å². The molecule has 1 atom stereocenters. The molecule has 0 radical (unpaired) electrons. The average Bonchev–Trinajstić information content (AvgIpc) is 3.05. The van der Waals surface area contributed by atoms with Crippen LogP contribution in [0.1, 0.15) is 73.8 Å². The van der Waals surface area contributed by atoms with Crippen molar-refractivity contribution in [2.24, 2.45) is 4.99 Å². The second-order valence-corrected chi connectivity index (χ2v) is 9.03. The molecule has 0 amide bonds. The number of rotatable bonds is 5. The zero-order chi connectivity index (χ0) is 20.7. The summed E-state index contributed by atoms with van der Waals surface area (Å²) in [6.45, 7) is 1.64. The second kappa shape index (κ2) is 7.91. The van der Waals surface area contributed by atoms with E-state index in [2.05, 4.69) is 43.7 Å². The van der Waals surface area contributed by atoms with E-state index in [1.807, 2.05) is 24.4 Å². The van der Waals surface area contributed by atoms with Crippen LogP contribution < -0.4 is 0 Å². The topological polar surface area (TPSA) is 60.1 Å². The molecule has 1 aliphatic carbocycles. The van der Waals surface area contributed by atoms with Crippen molar-refractivity contribution in [3.63, 3.8) is 0 Å². The molecule has 1 saturated carbocycles. The number of ketones is 1. The number of imidazole rings is 1. The van der Waals surface area contributed by atoms with E-state index in [9.17, 15) is 4.79 Å². The van der Waals surface area contributed by atoms with Gasteiger partial charge in [0.1, 0.15) is 17.6 Å². The number of hydrogen-bond donors (Lipinski definition) is 0. The van der Waals surface area contributed by atoms with Gasteiger partial charge in [0.25, 0.3) is 0 Å². The third-order valence-electron chi connectivity index (χ3n) is 6.05. The molecule has 6 heteroatoms. The van der Waals surface area contributed by atoms with Crippen LogP contribution in [0, 0.1) is 0 Å². The van der Waals surface area contributed by atoms with E-state index >= 15 is 0 Å². The lowest BCUT2D eigenvalue weighted by Crippen LogP contribution is -2.16. The summed E-state index contributed by atoms with van der Waals surface area (Å²) in [5, 5.41) is 0. The van der Waals surface area contributed by atoms with Crippen molar-refractivity contribution in [3.05, 3.63) is 76.0 Å². The van der Waals surface area contributed by atoms with Crippen LogP contribution in [0.3, 0.4) is 0 Å². The Bertz CT molecular complexity index is 1130. The fourth-order valence-electron chi connectivity index (χ4n) is 4.29. The Hall–Kier alpha value is -2.60. The maximum absolute atomic E-state index is 11.8. The monoisotopic (exact) mass is 462 g/mol. The molecule has 3 heterocycles. The molecule has 30 heavy (non-hydrogen) atoms. The quantitative estimate of drug-likeness (QED) is 0.498. The average molecular weight is 463 g/mol. The van der Waals surface area contributed by atoms with Gasteiger partial charge in [-0.15, -0.1) is 0 Å². The van der Waals surface area contributed by atoms with Crippen molar-refractivity contribution in [1.82, 2.24) is 14.5 Å². The van der Waals surface area contributed by atoms with Gasteiger partial charge >= 0.3 is 0 Å². The fourth-order valence-corrected chi connectivity index (χ4v) is 4.65. The number of carbonyl (C=O) groups excluding carboxylic acids is 1. The second-order valence-electron chi connectivity index (χ2n) is 8.12. The number of hydrogen-bond acceptors (Lipinski definition) is 4. The van der Waals surface area contributed by atoms with Crippen LogP contribution in [0.4, 0.5) is 0 Å². The van der Waals surface area contributed by atoms with Gasteiger partial charge in [0.05, 0.1) is 17.1 Å². The van der Waals surface area contributed by atoms with Gasteiger partial charge in [-0.25, -0.2) is 4.98 Å². The molecule has 3 aromatic rings. The van der Waals surface area contributed by atoms with Gasteiger partial charge < -0.3 is 4.79 Å². The molecular weight excluding hydrogens is 440 g/mol. The minimum Gasteiger partial charge on any atom is -0.300 e. The first-order valence-electron chi connectivity index (χ1n) is 10.5. The first kappa shape index (κ1) is 19.4. The smallest absolute Gasteiger partial charge is 0.138 e. The molecule has 1 aliphatic heterocycles. The van der Waals surface area contributed by atoms with E-state index in [4.69, 9.17) is 9.98 Å². The van der Waals surface area contributed by atoms with Gasteiger partial charge in [-0.05, 0) is 56.5 Å². The van der Waals surface area contributed by atoms with Crippen LogP contribution in [-0.4, -0.2) is 26.0 Å². The highest BCUT2D eigenvalue weighted by Crippen LogP contribution is 2.41. The molecular formula is C24H23BrN4O. The number of pyridine rings is 1. The highest BCUT2D eigenvalue weighted by molar-refractivity contribution is 9.10. The molecule has 1 aromatic carbocycles. The summed E-state index contributed by atoms with van der Waals surface area (Å²) in [5.41, 5.74) is 5.06. The number of carbonyl (C=O) groups is 1. The van der Waals surface area contributed by atoms with Gasteiger partial charge in [0.15, 0.2) is 0 Å². The zero-order valence-corrected chi connectivity index (χ0v) is 18.5. The van der Waals surface area contributed by atoms with Crippen LogP contribution in [0.5, 0.6) is 0 Å². The number of nitrogens with zero attached hydrogens (tertiary/aromatic N) is 4. The first-order chi connectivity index (χ1) is 14.6. The highest BCUT2D eigenvalue weighted by Gasteiger charge is 2.32. The lowest BCUT2D eigenvalue weighted by Gasteiger charge is -2.27. The Labute approximate surface area is 184 Å². The van der Waals surface area contributed by atoms with Crippen molar-refractivity contribution < 1.29 is 4.79 Å². The maximum atomic E-state index is 11.8. The largest absolute Gasteiger partial charge is 0.300 e. The van der Waals surface area contributed by atoms with Gasteiger partial charge in [-0.1, -0.05) is 28.4 Å². The van der Waals surface area contributed by atoms with E-state index in [0.717, 1.165) is 33.0 Å². The Kier molecular flexibility index (Phi) is 5.11. The molecule has 0 saturated heterocycles. The highest BCUT2D eigenvalue weighted by atomic mass is 79.9. The number of halogens is 1. The molecule has 152 valence electrons. The van der Waals surface area contributed by atoms with E-state index in [1.54, 1.807) is 13.1 Å². The van der Waals surface area contributed by atoms with Gasteiger partial charge in [0, 0.05) is 40.5 Å². The molecule has 2 aromatic heterocycles. The van der Waals surface area contributed by atoms with Crippen molar-refractivity contribution in [2.75, 3.05) is 0 Å². The molecule has 0 unspecified atom stereocenters. The third kappa shape index (κ3) is 3.43. The molecule has 0 bridgehead atoms. The SMILES string of the molecule is CC(=O)CC[C@@H]1N=C(c2ccccn2)c2cc(Br)ccc2-n2c(C3CCC3)cnc21. The predicted octanol–water partition coefficient (Wildman–Crippen LogP) is 5.56. The number of aliphatic imine (C=N–C) groups is 1. The molecule has 2 aliphatic rings. The maximum Gasteiger partial charge on any atom is 0.138 e. The summed E-state index contributed by atoms with van der Waals surface area (Å²) >= 11 is 3.64. The first-order valence-corrected chi connectivity index (χ1v) is 11.3. The van der Waals surface area contributed by atoms with Crippen LogP contribution in [0.25, 0.3) is 5.69 Å². The minimum atomic E-state index is -0.189. The van der Waals surface area contributed by atoms with Crippen LogP contribution in [0.2, 0.25) is 0 Å². The minimum absolute atomic E-state index is 0.173. The van der Waals surface area contributed by atoms with Crippen LogP contribution >= 0.6 is 15.9 Å². The number of Topliss-reactive ketones (excluding diaryl/α,β-unsaturated/α-hetero) is 1. The van der Waals surface area contributed by atoms with E-state index in [-0.39, 0.29) is 11.8 Å². The number of benzene rings is 1. The zero-order valence-electron chi connectivity index (χ0n) is 16.9. The summed E-state index contributed by atoms with van der Waals surface area (Å²) < 4.78 is 3.30. The van der Waals surface area contributed by atoms with Crippen molar-refractivity contribution >= 4 is 27.4 Å². The summed E-state index contributed by atoms with van der Waals surface area (Å²) in [7, 11) is 0. The normalized spacial score (nSPS) is 18.1. The van der Waals surface area contributed by atoms with Crippen molar-refractivity contribution in [2.45, 2.75) is 51.0 Å². The van der Waals surface area contributed by atoms with Crippen molar-refractivity contribution in [1.29, 1.82) is 0 Å². The Balaban J connectivity index is 1.74. The van der Waals surface area contributed by atoms with E-state index in [1.165, 1.54) is 25.0 Å². The van der Waals surface area contributed by atoms with Crippen molar-refractivity contribution in [3.8, 4) is 5.69 Å². The summed E-state index contributed by atoms with van der Waals surface area (Å²) in [5.74, 6) is 1.63. The molecule has 5 nitrogen and oxygen atoms in total. The predicted molar refractivity (Wildman–Crippen MR) is 120 cm³/mol. The van der Waals surface area contributed by atoms with Gasteiger partial charge in [-0.2, -0.15) is 0 Å².